The van der Waals surface area contributed by atoms with Crippen LogP contribution in [-0.2, 0) is 0 Å². The van der Waals surface area contributed by atoms with E-state index in [1.54, 1.807) is 0 Å². The summed E-state index contributed by atoms with van der Waals surface area (Å²) in [7, 11) is 0. The topological polar surface area (TPSA) is 26.3 Å². The molecule has 1 heterocycles. The molecule has 0 saturated carbocycles. The summed E-state index contributed by atoms with van der Waals surface area (Å²) in [6.45, 7) is 9.47. The number of Topliss-reactive ketones (excluding diaryl/α,β-unsaturated/α-hetero) is 1. The quantitative estimate of drug-likeness (QED) is 0.605. The first-order chi connectivity index (χ1) is 6.92. The average molecular weight is 202 g/mol. The van der Waals surface area contributed by atoms with E-state index in [1.807, 2.05) is 39.0 Å². The lowest BCUT2D eigenvalue weighted by Gasteiger charge is -2.33. The molecule has 15 heavy (non-hydrogen) atoms. The lowest BCUT2D eigenvalue weighted by atomic mass is 9.88. The van der Waals surface area contributed by atoms with Crippen molar-refractivity contribution in [3.63, 3.8) is 0 Å². The summed E-state index contributed by atoms with van der Waals surface area (Å²) >= 11 is 0. The minimum Gasteiger partial charge on any atom is -0.482 e. The molecule has 1 aromatic rings. The van der Waals surface area contributed by atoms with Gasteiger partial charge < -0.3 is 4.74 Å². The van der Waals surface area contributed by atoms with Gasteiger partial charge in [0.15, 0.2) is 5.78 Å². The van der Waals surface area contributed by atoms with Gasteiger partial charge in [-0.3, -0.25) is 4.79 Å². The Labute approximate surface area is 89.6 Å². The lowest BCUT2D eigenvalue weighted by molar-refractivity contribution is 0.0858. The molecule has 0 radical (unpaired) electrons. The van der Waals surface area contributed by atoms with E-state index in [2.05, 4.69) is 6.58 Å². The van der Waals surface area contributed by atoms with Crippen molar-refractivity contribution in [2.75, 3.05) is 0 Å². The second kappa shape index (κ2) is 2.96. The van der Waals surface area contributed by atoms with Gasteiger partial charge in [-0.25, -0.2) is 0 Å². The molecule has 0 N–H and O–H groups in total. The Morgan fingerprint density at radius 1 is 1.33 bits per heavy atom. The summed E-state index contributed by atoms with van der Waals surface area (Å²) < 4.78 is 5.74. The fraction of sp³-hybridized carbons (Fsp3) is 0.308. The molecular weight excluding hydrogens is 188 g/mol. The molecule has 2 rings (SSSR count). The van der Waals surface area contributed by atoms with E-state index in [0.717, 1.165) is 5.56 Å². The smallest absolute Gasteiger partial charge is 0.196 e. The Balaban J connectivity index is 2.60. The van der Waals surface area contributed by atoms with Crippen LogP contribution in [0.2, 0.25) is 0 Å². The second-order valence-corrected chi connectivity index (χ2v) is 4.42. The van der Waals surface area contributed by atoms with Crippen molar-refractivity contribution < 1.29 is 9.53 Å². The highest BCUT2D eigenvalue weighted by molar-refractivity contribution is 6.12. The number of hydrogen-bond donors (Lipinski definition) is 0. The maximum absolute atomic E-state index is 12.0. The van der Waals surface area contributed by atoms with Gasteiger partial charge in [-0.15, -0.1) is 0 Å². The van der Waals surface area contributed by atoms with Crippen LogP contribution in [0, 0.1) is 6.92 Å². The summed E-state index contributed by atoms with van der Waals surface area (Å²) in [6.07, 6.45) is 0. The number of rotatable bonds is 0. The van der Waals surface area contributed by atoms with E-state index in [9.17, 15) is 4.79 Å². The minimum atomic E-state index is -0.598. The van der Waals surface area contributed by atoms with E-state index < -0.39 is 5.60 Å². The van der Waals surface area contributed by atoms with Crippen molar-refractivity contribution in [1.82, 2.24) is 0 Å². The fourth-order valence-corrected chi connectivity index (χ4v) is 1.68. The lowest BCUT2D eigenvalue weighted by Crippen LogP contribution is -2.38. The van der Waals surface area contributed by atoms with Gasteiger partial charge in [-0.05, 0) is 32.9 Å². The number of aryl methyl sites for hydroxylation is 1. The number of ketones is 1. The van der Waals surface area contributed by atoms with Crippen LogP contribution >= 0.6 is 0 Å². The number of carbonyl (C=O) groups excluding carboxylic acids is 1. The molecule has 2 nitrogen and oxygen atoms in total. The standard InChI is InChI=1S/C13H14O2/c1-8-5-6-11-10(7-8)12(14)9(2)13(3,4)15-11/h5-7H,2H2,1,3-4H3. The van der Waals surface area contributed by atoms with Crippen molar-refractivity contribution in [2.24, 2.45) is 0 Å². The van der Waals surface area contributed by atoms with Crippen molar-refractivity contribution in [1.29, 1.82) is 0 Å². The largest absolute Gasteiger partial charge is 0.482 e. The zero-order valence-electron chi connectivity index (χ0n) is 9.26. The molecule has 1 aliphatic rings. The number of fused-ring (bicyclic) bond motifs is 1. The molecule has 0 fully saturated rings. The normalized spacial score (nSPS) is 18.3. The summed E-state index contributed by atoms with van der Waals surface area (Å²) in [4.78, 5) is 12.0. The zero-order chi connectivity index (χ0) is 11.2. The summed E-state index contributed by atoms with van der Waals surface area (Å²) in [5.41, 5.74) is 1.59. The summed E-state index contributed by atoms with van der Waals surface area (Å²) in [5.74, 6) is 0.646. The van der Waals surface area contributed by atoms with Crippen molar-refractivity contribution >= 4 is 5.78 Å². The maximum Gasteiger partial charge on any atom is 0.196 e. The van der Waals surface area contributed by atoms with E-state index in [0.29, 0.717) is 16.9 Å². The van der Waals surface area contributed by atoms with Crippen LogP contribution < -0.4 is 4.74 Å². The highest BCUT2D eigenvalue weighted by atomic mass is 16.5. The maximum atomic E-state index is 12.0. The summed E-state index contributed by atoms with van der Waals surface area (Å²) in [6, 6.07) is 5.63. The zero-order valence-corrected chi connectivity index (χ0v) is 9.26. The molecule has 0 aromatic heterocycles. The first-order valence-corrected chi connectivity index (χ1v) is 4.95. The Kier molecular flexibility index (Phi) is 1.97. The molecular formula is C13H14O2. The Morgan fingerprint density at radius 2 is 2.00 bits per heavy atom. The fourth-order valence-electron chi connectivity index (χ4n) is 1.68. The van der Waals surface area contributed by atoms with Crippen LogP contribution in [0.3, 0.4) is 0 Å². The monoisotopic (exact) mass is 202 g/mol. The van der Waals surface area contributed by atoms with Crippen LogP contribution in [0.1, 0.15) is 29.8 Å². The SMILES string of the molecule is C=C1C(=O)c2cc(C)ccc2OC1(C)C. The predicted octanol–water partition coefficient (Wildman–Crippen LogP) is 2.90. The van der Waals surface area contributed by atoms with Gasteiger partial charge in [0.05, 0.1) is 5.56 Å². The average Bonchev–Trinajstić information content (AvgIpc) is 2.16. The van der Waals surface area contributed by atoms with Crippen LogP contribution in [0.5, 0.6) is 5.75 Å². The van der Waals surface area contributed by atoms with E-state index in [1.165, 1.54) is 0 Å². The van der Waals surface area contributed by atoms with E-state index >= 15 is 0 Å². The predicted molar refractivity (Wildman–Crippen MR) is 59.4 cm³/mol. The van der Waals surface area contributed by atoms with Crippen LogP contribution in [0.25, 0.3) is 0 Å². The van der Waals surface area contributed by atoms with Crippen LogP contribution in [-0.4, -0.2) is 11.4 Å². The van der Waals surface area contributed by atoms with E-state index in [4.69, 9.17) is 4.74 Å². The molecule has 0 amide bonds. The minimum absolute atomic E-state index is 0.00931. The van der Waals surface area contributed by atoms with Crippen LogP contribution in [0.15, 0.2) is 30.4 Å². The molecule has 0 aliphatic carbocycles. The van der Waals surface area contributed by atoms with Gasteiger partial charge >= 0.3 is 0 Å². The first-order valence-electron chi connectivity index (χ1n) is 4.95. The van der Waals surface area contributed by atoms with E-state index in [-0.39, 0.29) is 5.78 Å². The Bertz CT molecular complexity index is 456. The second-order valence-electron chi connectivity index (χ2n) is 4.42. The highest BCUT2D eigenvalue weighted by Gasteiger charge is 2.36. The molecule has 0 spiro atoms. The number of ether oxygens (including phenoxy) is 1. The molecule has 0 bridgehead atoms. The van der Waals surface area contributed by atoms with Crippen molar-refractivity contribution in [3.8, 4) is 5.75 Å². The number of benzene rings is 1. The molecule has 0 unspecified atom stereocenters. The molecule has 78 valence electrons. The molecule has 1 aliphatic heterocycles. The Hall–Kier alpha value is -1.57. The Morgan fingerprint density at radius 3 is 2.67 bits per heavy atom. The van der Waals surface area contributed by atoms with Gasteiger partial charge in [-0.1, -0.05) is 18.2 Å². The third-order valence-corrected chi connectivity index (χ3v) is 2.75. The van der Waals surface area contributed by atoms with Gasteiger partial charge in [-0.2, -0.15) is 0 Å². The number of carbonyl (C=O) groups is 1. The first kappa shape index (κ1) is 9.97. The van der Waals surface area contributed by atoms with Crippen LogP contribution in [0.4, 0.5) is 0 Å². The number of hydrogen-bond acceptors (Lipinski definition) is 2. The van der Waals surface area contributed by atoms with Gasteiger partial charge in [0.2, 0.25) is 0 Å². The highest BCUT2D eigenvalue weighted by Crippen LogP contribution is 2.35. The van der Waals surface area contributed by atoms with Gasteiger partial charge in [0.25, 0.3) is 0 Å². The molecule has 0 saturated heterocycles. The summed E-state index contributed by atoms with van der Waals surface area (Å²) in [5, 5.41) is 0. The third-order valence-electron chi connectivity index (χ3n) is 2.75. The molecule has 1 aromatic carbocycles. The molecule has 0 atom stereocenters. The van der Waals surface area contributed by atoms with Crippen molar-refractivity contribution in [3.05, 3.63) is 41.5 Å². The molecule has 2 heteroatoms. The van der Waals surface area contributed by atoms with Gasteiger partial charge in [0.1, 0.15) is 11.4 Å². The third kappa shape index (κ3) is 1.46. The van der Waals surface area contributed by atoms with Gasteiger partial charge in [0, 0.05) is 5.57 Å². The van der Waals surface area contributed by atoms with Crippen molar-refractivity contribution in [2.45, 2.75) is 26.4 Å².